The van der Waals surface area contributed by atoms with Crippen molar-refractivity contribution in [2.75, 3.05) is 26.7 Å². The molecule has 2 aromatic rings. The molecule has 0 radical (unpaired) electrons. The first-order valence-corrected chi connectivity index (χ1v) is 9.47. The molecule has 1 unspecified atom stereocenters. The topological polar surface area (TPSA) is 40.6 Å². The molecule has 1 aliphatic heterocycles. The minimum atomic E-state index is -0.383. The highest BCUT2D eigenvalue weighted by Gasteiger charge is 2.29. The van der Waals surface area contributed by atoms with Gasteiger partial charge in [-0.3, -0.25) is 14.5 Å². The Labute approximate surface area is 163 Å². The average Bonchev–Trinajstić information content (AvgIpc) is 2.69. The highest BCUT2D eigenvalue weighted by molar-refractivity contribution is 5.96. The summed E-state index contributed by atoms with van der Waals surface area (Å²) >= 11 is 0. The van der Waals surface area contributed by atoms with E-state index in [-0.39, 0.29) is 42.2 Å². The van der Waals surface area contributed by atoms with Crippen molar-refractivity contribution in [2.24, 2.45) is 0 Å². The molecule has 0 saturated carbocycles. The maximum atomic E-state index is 14.2. The van der Waals surface area contributed by atoms with Crippen LogP contribution in [-0.4, -0.2) is 48.2 Å². The molecule has 1 fully saturated rings. The molecule has 6 heteroatoms. The number of nitrogens with zero attached hydrogens (tertiary/aromatic N) is 2. The predicted octanol–water partition coefficient (Wildman–Crippen LogP) is 3.83. The van der Waals surface area contributed by atoms with E-state index in [0.717, 1.165) is 0 Å². The number of hydrogen-bond donors (Lipinski definition) is 0. The molecule has 1 aliphatic rings. The summed E-state index contributed by atoms with van der Waals surface area (Å²) < 4.78 is 27.1. The summed E-state index contributed by atoms with van der Waals surface area (Å²) in [5.41, 5.74) is 1.04. The van der Waals surface area contributed by atoms with Gasteiger partial charge < -0.3 is 4.90 Å². The Hall–Kier alpha value is -2.60. The highest BCUT2D eigenvalue weighted by atomic mass is 19.1. The average molecular weight is 386 g/mol. The molecular weight excluding hydrogens is 362 g/mol. The first kappa shape index (κ1) is 20.1. The lowest BCUT2D eigenvalue weighted by Gasteiger charge is -2.39. The fourth-order valence-corrected chi connectivity index (χ4v) is 3.52. The second-order valence-corrected chi connectivity index (χ2v) is 7.14. The SMILES string of the molecule is CN1CCN(C(=O)CCCC(=O)c2ccc(F)cc2)CC1c1ccccc1F. The van der Waals surface area contributed by atoms with Crippen molar-refractivity contribution in [3.63, 3.8) is 0 Å². The summed E-state index contributed by atoms with van der Waals surface area (Å²) in [6, 6.07) is 11.9. The van der Waals surface area contributed by atoms with E-state index in [9.17, 15) is 18.4 Å². The van der Waals surface area contributed by atoms with Gasteiger partial charge in [-0.25, -0.2) is 8.78 Å². The number of rotatable bonds is 6. The van der Waals surface area contributed by atoms with E-state index in [0.29, 0.717) is 37.2 Å². The maximum Gasteiger partial charge on any atom is 0.222 e. The third-order valence-electron chi connectivity index (χ3n) is 5.23. The Bertz CT molecular complexity index is 839. The van der Waals surface area contributed by atoms with Crippen LogP contribution in [0.4, 0.5) is 8.78 Å². The lowest BCUT2D eigenvalue weighted by Crippen LogP contribution is -2.49. The number of carbonyl (C=O) groups excluding carboxylic acids is 2. The molecule has 1 heterocycles. The number of hydrogen-bond acceptors (Lipinski definition) is 3. The third-order valence-corrected chi connectivity index (χ3v) is 5.23. The quantitative estimate of drug-likeness (QED) is 0.709. The molecule has 1 amide bonds. The van der Waals surface area contributed by atoms with Gasteiger partial charge >= 0.3 is 0 Å². The van der Waals surface area contributed by atoms with E-state index >= 15 is 0 Å². The Morgan fingerprint density at radius 3 is 2.43 bits per heavy atom. The van der Waals surface area contributed by atoms with Gasteiger partial charge in [-0.15, -0.1) is 0 Å². The van der Waals surface area contributed by atoms with Gasteiger partial charge in [0.15, 0.2) is 5.78 Å². The van der Waals surface area contributed by atoms with Crippen LogP contribution in [0.1, 0.15) is 41.2 Å². The molecule has 2 aromatic carbocycles. The lowest BCUT2D eigenvalue weighted by molar-refractivity contribution is -0.134. The molecule has 4 nitrogen and oxygen atoms in total. The molecule has 0 spiro atoms. The molecule has 28 heavy (non-hydrogen) atoms. The summed E-state index contributed by atoms with van der Waals surface area (Å²) in [6.45, 7) is 1.69. The van der Waals surface area contributed by atoms with Gasteiger partial charge in [0.2, 0.25) is 5.91 Å². The van der Waals surface area contributed by atoms with E-state index < -0.39 is 0 Å². The van der Waals surface area contributed by atoms with E-state index in [4.69, 9.17) is 0 Å². The van der Waals surface area contributed by atoms with Gasteiger partial charge in [0, 0.05) is 43.6 Å². The number of Topliss-reactive ketones (excluding diaryl/α,β-unsaturated/α-hetero) is 1. The minimum Gasteiger partial charge on any atom is -0.339 e. The molecule has 1 atom stereocenters. The van der Waals surface area contributed by atoms with E-state index in [1.807, 2.05) is 7.05 Å². The standard InChI is InChI=1S/C22H24F2N2O2/c1-25-13-14-26(15-20(25)18-5-2-3-6-19(18)24)22(28)8-4-7-21(27)16-9-11-17(23)12-10-16/h2-3,5-6,9-12,20H,4,7-8,13-15H2,1H3. The Morgan fingerprint density at radius 2 is 1.71 bits per heavy atom. The van der Waals surface area contributed by atoms with Gasteiger partial charge in [0.1, 0.15) is 11.6 Å². The molecule has 0 N–H and O–H groups in total. The number of likely N-dealkylation sites (N-methyl/N-ethyl adjacent to an activating group) is 1. The second kappa shape index (κ2) is 9.06. The van der Waals surface area contributed by atoms with Crippen LogP contribution in [0.2, 0.25) is 0 Å². The molecule has 3 rings (SSSR count). The zero-order valence-corrected chi connectivity index (χ0v) is 15.9. The van der Waals surface area contributed by atoms with E-state index in [1.54, 1.807) is 23.1 Å². The van der Waals surface area contributed by atoms with Crippen LogP contribution < -0.4 is 0 Å². The summed E-state index contributed by atoms with van der Waals surface area (Å²) in [5, 5.41) is 0. The van der Waals surface area contributed by atoms with Gasteiger partial charge in [0.05, 0.1) is 6.04 Å². The summed E-state index contributed by atoms with van der Waals surface area (Å²) in [7, 11) is 1.93. The zero-order valence-electron chi connectivity index (χ0n) is 15.9. The number of halogens is 2. The van der Waals surface area contributed by atoms with Crippen LogP contribution in [0.3, 0.4) is 0 Å². The van der Waals surface area contributed by atoms with Crippen LogP contribution >= 0.6 is 0 Å². The van der Waals surface area contributed by atoms with Gasteiger partial charge in [-0.05, 0) is 43.8 Å². The first-order chi connectivity index (χ1) is 13.5. The van der Waals surface area contributed by atoms with Crippen LogP contribution in [0, 0.1) is 11.6 Å². The molecule has 148 valence electrons. The molecule has 0 aliphatic carbocycles. The zero-order chi connectivity index (χ0) is 20.1. The molecular formula is C22H24F2N2O2. The van der Waals surface area contributed by atoms with Gasteiger partial charge in [-0.2, -0.15) is 0 Å². The van der Waals surface area contributed by atoms with Crippen LogP contribution in [0.15, 0.2) is 48.5 Å². The second-order valence-electron chi connectivity index (χ2n) is 7.14. The van der Waals surface area contributed by atoms with Crippen LogP contribution in [0.25, 0.3) is 0 Å². The van der Waals surface area contributed by atoms with Crippen molar-refractivity contribution in [2.45, 2.75) is 25.3 Å². The van der Waals surface area contributed by atoms with Crippen molar-refractivity contribution >= 4 is 11.7 Å². The predicted molar refractivity (Wildman–Crippen MR) is 103 cm³/mol. The number of benzene rings is 2. The van der Waals surface area contributed by atoms with Crippen LogP contribution in [0.5, 0.6) is 0 Å². The van der Waals surface area contributed by atoms with Crippen molar-refractivity contribution in [3.05, 3.63) is 71.3 Å². The third kappa shape index (κ3) is 4.81. The molecule has 0 aromatic heterocycles. The maximum absolute atomic E-state index is 14.2. The Balaban J connectivity index is 1.53. The summed E-state index contributed by atoms with van der Waals surface area (Å²) in [4.78, 5) is 28.5. The van der Waals surface area contributed by atoms with Crippen molar-refractivity contribution in [3.8, 4) is 0 Å². The number of piperazine rings is 1. The van der Waals surface area contributed by atoms with Gasteiger partial charge in [-0.1, -0.05) is 18.2 Å². The van der Waals surface area contributed by atoms with Crippen molar-refractivity contribution < 1.29 is 18.4 Å². The summed E-state index contributed by atoms with van der Waals surface area (Å²) in [6.07, 6.45) is 0.939. The van der Waals surface area contributed by atoms with E-state index in [1.165, 1.54) is 30.3 Å². The highest BCUT2D eigenvalue weighted by Crippen LogP contribution is 2.26. The fourth-order valence-electron chi connectivity index (χ4n) is 3.52. The minimum absolute atomic E-state index is 0.0265. The number of ketones is 1. The van der Waals surface area contributed by atoms with Crippen molar-refractivity contribution in [1.82, 2.24) is 9.80 Å². The van der Waals surface area contributed by atoms with Gasteiger partial charge in [0.25, 0.3) is 0 Å². The Morgan fingerprint density at radius 1 is 1.00 bits per heavy atom. The fraction of sp³-hybridized carbons (Fsp3) is 0.364. The largest absolute Gasteiger partial charge is 0.339 e. The molecule has 0 bridgehead atoms. The monoisotopic (exact) mass is 386 g/mol. The normalized spacial score (nSPS) is 17.5. The smallest absolute Gasteiger partial charge is 0.222 e. The van der Waals surface area contributed by atoms with E-state index in [2.05, 4.69) is 4.90 Å². The first-order valence-electron chi connectivity index (χ1n) is 9.47. The summed E-state index contributed by atoms with van der Waals surface area (Å²) in [5.74, 6) is -0.776. The lowest BCUT2D eigenvalue weighted by atomic mass is 10.0. The Kier molecular flexibility index (Phi) is 6.52. The van der Waals surface area contributed by atoms with Crippen molar-refractivity contribution in [1.29, 1.82) is 0 Å². The number of carbonyl (C=O) groups is 2. The number of amides is 1. The van der Waals surface area contributed by atoms with Crippen LogP contribution in [-0.2, 0) is 4.79 Å². The molecule has 1 saturated heterocycles.